The number of carboxylic acid groups (broad SMARTS) is 1. The number of quaternary nitrogens is 1. The van der Waals surface area contributed by atoms with Crippen LogP contribution in [-0.2, 0) is 16.0 Å². The summed E-state index contributed by atoms with van der Waals surface area (Å²) in [5.74, 6) is -1.95. The number of benzene rings is 2. The lowest BCUT2D eigenvalue weighted by Gasteiger charge is -2.21. The number of hydrogen-bond donors (Lipinski definition) is 5. The van der Waals surface area contributed by atoms with Gasteiger partial charge in [0.05, 0.1) is 6.42 Å². The van der Waals surface area contributed by atoms with Crippen molar-refractivity contribution in [3.63, 3.8) is 0 Å². The molecule has 3 unspecified atom stereocenters. The van der Waals surface area contributed by atoms with Gasteiger partial charge in [-0.3, -0.25) is 4.79 Å². The van der Waals surface area contributed by atoms with Gasteiger partial charge in [-0.2, -0.15) is 5.23 Å². The molecule has 0 spiro atoms. The largest absolute Gasteiger partial charge is 0.595 e. The summed E-state index contributed by atoms with van der Waals surface area (Å²) in [6.07, 6.45) is -1.53. The summed E-state index contributed by atoms with van der Waals surface area (Å²) in [7, 11) is 0. The highest BCUT2D eigenvalue weighted by Crippen LogP contribution is 2.17. The molecule has 8 heteroatoms. The van der Waals surface area contributed by atoms with Crippen molar-refractivity contribution < 1.29 is 30.2 Å². The molecule has 0 heterocycles. The van der Waals surface area contributed by atoms with Crippen LogP contribution >= 0.6 is 0 Å². The SMILES string of the molecule is O=C(Cc1ccc([NH+]([O-])O)cc1)NC(C(=O)O)C(O)c1ccccc1. The zero-order valence-electron chi connectivity index (χ0n) is 13.1. The van der Waals surface area contributed by atoms with E-state index in [1.807, 2.05) is 0 Å². The Bertz CT molecular complexity index is 718. The number of aliphatic carboxylic acids is 1. The first-order valence-electron chi connectivity index (χ1n) is 7.46. The molecule has 132 valence electrons. The molecular weight excluding hydrogens is 328 g/mol. The maximum atomic E-state index is 12.1. The molecule has 0 aliphatic rings. The summed E-state index contributed by atoms with van der Waals surface area (Å²) in [5, 5.41) is 40.3. The average molecular weight is 346 g/mol. The summed E-state index contributed by atoms with van der Waals surface area (Å²) in [4.78, 5) is 23.5. The van der Waals surface area contributed by atoms with E-state index >= 15 is 0 Å². The smallest absolute Gasteiger partial charge is 0.329 e. The molecular formula is C17H18N2O6. The van der Waals surface area contributed by atoms with Crippen LogP contribution in [0.2, 0.25) is 0 Å². The molecule has 1 amide bonds. The summed E-state index contributed by atoms with van der Waals surface area (Å²) < 4.78 is 0. The maximum Gasteiger partial charge on any atom is 0.329 e. The molecule has 5 N–H and O–H groups in total. The fourth-order valence-electron chi connectivity index (χ4n) is 2.29. The molecule has 0 fully saturated rings. The Hall–Kier alpha value is -2.78. The molecule has 3 atom stereocenters. The highest BCUT2D eigenvalue weighted by molar-refractivity contribution is 5.85. The van der Waals surface area contributed by atoms with Gasteiger partial charge in [-0.1, -0.05) is 42.5 Å². The van der Waals surface area contributed by atoms with Crippen LogP contribution < -0.4 is 10.5 Å². The van der Waals surface area contributed by atoms with Gasteiger partial charge >= 0.3 is 5.97 Å². The molecule has 0 radical (unpaired) electrons. The van der Waals surface area contributed by atoms with Crippen molar-refractivity contribution in [3.05, 3.63) is 70.9 Å². The Kier molecular flexibility index (Phi) is 6.20. The van der Waals surface area contributed by atoms with E-state index in [0.717, 1.165) is 0 Å². The van der Waals surface area contributed by atoms with E-state index in [2.05, 4.69) is 5.32 Å². The molecule has 0 saturated carbocycles. The number of aliphatic hydroxyl groups excluding tert-OH is 1. The minimum Gasteiger partial charge on any atom is -0.595 e. The second kappa shape index (κ2) is 8.36. The molecule has 2 aromatic rings. The Morgan fingerprint density at radius 2 is 1.68 bits per heavy atom. The molecule has 0 aliphatic carbocycles. The molecule has 2 aromatic carbocycles. The molecule has 0 aromatic heterocycles. The van der Waals surface area contributed by atoms with Gasteiger partial charge in [-0.25, -0.2) is 10.0 Å². The van der Waals surface area contributed by atoms with Crippen LogP contribution in [0.5, 0.6) is 0 Å². The molecule has 0 saturated heterocycles. The first-order valence-corrected chi connectivity index (χ1v) is 7.46. The van der Waals surface area contributed by atoms with Crippen LogP contribution in [0, 0.1) is 5.21 Å². The minimum atomic E-state index is -1.49. The zero-order chi connectivity index (χ0) is 18.4. The predicted octanol–water partition coefficient (Wildman–Crippen LogP) is -0.0645. The molecule has 8 nitrogen and oxygen atoms in total. The maximum absolute atomic E-state index is 12.1. The van der Waals surface area contributed by atoms with Crippen molar-refractivity contribution in [1.82, 2.24) is 5.32 Å². The van der Waals surface area contributed by atoms with E-state index in [1.165, 1.54) is 24.3 Å². The number of carboxylic acids is 1. The number of carbonyl (C=O) groups excluding carboxylic acids is 1. The third kappa shape index (κ3) is 5.10. The van der Waals surface area contributed by atoms with Gasteiger partial charge in [-0.05, 0) is 11.1 Å². The van der Waals surface area contributed by atoms with Crippen molar-refractivity contribution in [2.75, 3.05) is 0 Å². The summed E-state index contributed by atoms with van der Waals surface area (Å²) in [6, 6.07) is 12.4. The number of nitrogens with one attached hydrogen (secondary N) is 2. The fourth-order valence-corrected chi connectivity index (χ4v) is 2.29. The number of hydrogen-bond acceptors (Lipinski definition) is 5. The van der Waals surface area contributed by atoms with E-state index in [1.54, 1.807) is 30.3 Å². The highest BCUT2D eigenvalue weighted by Gasteiger charge is 2.29. The Morgan fingerprint density at radius 3 is 2.20 bits per heavy atom. The van der Waals surface area contributed by atoms with Crippen LogP contribution in [0.4, 0.5) is 5.69 Å². The lowest BCUT2D eigenvalue weighted by atomic mass is 10.0. The minimum absolute atomic E-state index is 0.0899. The Labute approximate surface area is 143 Å². The molecule has 2 rings (SSSR count). The van der Waals surface area contributed by atoms with Crippen LogP contribution in [0.15, 0.2) is 54.6 Å². The third-order valence-electron chi connectivity index (χ3n) is 3.60. The van der Waals surface area contributed by atoms with Crippen LogP contribution in [-0.4, -0.2) is 33.3 Å². The van der Waals surface area contributed by atoms with Gasteiger partial charge in [-0.15, -0.1) is 0 Å². The second-order valence-corrected chi connectivity index (χ2v) is 5.42. The highest BCUT2D eigenvalue weighted by atomic mass is 16.8. The monoisotopic (exact) mass is 346 g/mol. The topological polar surface area (TPSA) is 134 Å². The summed E-state index contributed by atoms with van der Waals surface area (Å²) in [6.45, 7) is 0. The van der Waals surface area contributed by atoms with Crippen LogP contribution in [0.1, 0.15) is 17.2 Å². The first-order chi connectivity index (χ1) is 11.9. The molecule has 0 aliphatic heterocycles. The van der Waals surface area contributed by atoms with Gasteiger partial charge in [0.1, 0.15) is 6.10 Å². The van der Waals surface area contributed by atoms with Gasteiger partial charge in [0.15, 0.2) is 11.7 Å². The van der Waals surface area contributed by atoms with Crippen LogP contribution in [0.25, 0.3) is 0 Å². The van der Waals surface area contributed by atoms with E-state index < -0.39 is 29.2 Å². The van der Waals surface area contributed by atoms with Gasteiger partial charge in [0, 0.05) is 12.1 Å². The number of carbonyl (C=O) groups is 2. The molecule has 0 bridgehead atoms. The normalized spacial score (nSPS) is 14.4. The number of aliphatic hydroxyl groups is 1. The number of amides is 1. The quantitative estimate of drug-likeness (QED) is 0.446. The fraction of sp³-hybridized carbons (Fsp3) is 0.176. The van der Waals surface area contributed by atoms with Crippen molar-refractivity contribution in [3.8, 4) is 0 Å². The Morgan fingerprint density at radius 1 is 1.08 bits per heavy atom. The third-order valence-corrected chi connectivity index (χ3v) is 3.60. The van der Waals surface area contributed by atoms with Gasteiger partial charge in [0.25, 0.3) is 0 Å². The lowest BCUT2D eigenvalue weighted by molar-refractivity contribution is -0.991. The number of rotatable bonds is 7. The summed E-state index contributed by atoms with van der Waals surface area (Å²) >= 11 is 0. The van der Waals surface area contributed by atoms with Crippen LogP contribution in [0.3, 0.4) is 0 Å². The molecule has 25 heavy (non-hydrogen) atoms. The summed E-state index contributed by atoms with van der Waals surface area (Å²) in [5.41, 5.74) is 0.994. The van der Waals surface area contributed by atoms with Gasteiger partial charge in [0.2, 0.25) is 5.91 Å². The average Bonchev–Trinajstić information content (AvgIpc) is 2.60. The Balaban J connectivity index is 2.04. The van der Waals surface area contributed by atoms with E-state index in [4.69, 9.17) is 5.21 Å². The van der Waals surface area contributed by atoms with Crippen molar-refractivity contribution in [1.29, 1.82) is 0 Å². The van der Waals surface area contributed by atoms with Crippen molar-refractivity contribution >= 4 is 17.6 Å². The van der Waals surface area contributed by atoms with Crippen molar-refractivity contribution in [2.45, 2.75) is 18.6 Å². The predicted molar refractivity (Wildman–Crippen MR) is 86.9 cm³/mol. The van der Waals surface area contributed by atoms with E-state index in [9.17, 15) is 25.0 Å². The lowest BCUT2D eigenvalue weighted by Crippen LogP contribution is -2.99. The second-order valence-electron chi connectivity index (χ2n) is 5.42. The zero-order valence-corrected chi connectivity index (χ0v) is 13.1. The van der Waals surface area contributed by atoms with E-state index in [-0.39, 0.29) is 12.1 Å². The van der Waals surface area contributed by atoms with Gasteiger partial charge < -0.3 is 20.7 Å². The standard InChI is InChI=1S/C17H18N2O6/c20-14(10-11-6-8-13(9-7-11)19(24)25)18-15(17(22)23)16(21)12-4-2-1-3-5-12/h1-9,15-16,19,21,24H,10H2,(H,18,20)(H,22,23). The van der Waals surface area contributed by atoms with E-state index in [0.29, 0.717) is 11.1 Å². The first kappa shape index (κ1) is 18.6. The van der Waals surface area contributed by atoms with Crippen molar-refractivity contribution in [2.24, 2.45) is 0 Å².